The monoisotopic (exact) mass is 260 g/mol. The Balaban J connectivity index is 4.11. The first-order chi connectivity index (χ1) is 7.99. The van der Waals surface area contributed by atoms with Crippen molar-refractivity contribution in [2.24, 2.45) is 11.8 Å². The maximum atomic E-state index is 6.17. The van der Waals surface area contributed by atoms with Crippen LogP contribution in [0.15, 0.2) is 0 Å². The molecular formula is C14H32O2Si. The third-order valence-electron chi connectivity index (χ3n) is 3.43. The Morgan fingerprint density at radius 2 is 1.53 bits per heavy atom. The SMILES string of the molecule is CCC(C)CCO[Si](CC)(CC)OCC(C)C. The summed E-state index contributed by atoms with van der Waals surface area (Å²) in [5, 5.41) is 0. The zero-order chi connectivity index (χ0) is 13.3. The van der Waals surface area contributed by atoms with Gasteiger partial charge in [0.15, 0.2) is 0 Å². The minimum atomic E-state index is -1.89. The maximum Gasteiger partial charge on any atom is 0.337 e. The van der Waals surface area contributed by atoms with Crippen molar-refractivity contribution in [2.45, 2.75) is 66.5 Å². The highest BCUT2D eigenvalue weighted by Gasteiger charge is 2.33. The van der Waals surface area contributed by atoms with Crippen LogP contribution >= 0.6 is 0 Å². The van der Waals surface area contributed by atoms with Crippen molar-refractivity contribution >= 4 is 8.56 Å². The minimum Gasteiger partial charge on any atom is -0.394 e. The van der Waals surface area contributed by atoms with Gasteiger partial charge in [0.05, 0.1) is 0 Å². The van der Waals surface area contributed by atoms with Crippen LogP contribution in [0.2, 0.25) is 12.1 Å². The summed E-state index contributed by atoms with van der Waals surface area (Å²) in [6.07, 6.45) is 2.40. The first kappa shape index (κ1) is 17.1. The van der Waals surface area contributed by atoms with E-state index in [2.05, 4.69) is 41.5 Å². The van der Waals surface area contributed by atoms with Crippen LogP contribution in [0.5, 0.6) is 0 Å². The molecule has 0 bridgehead atoms. The molecule has 0 aliphatic rings. The predicted octanol–water partition coefficient (Wildman–Crippen LogP) is 4.59. The largest absolute Gasteiger partial charge is 0.394 e. The van der Waals surface area contributed by atoms with Crippen LogP contribution in [0.3, 0.4) is 0 Å². The van der Waals surface area contributed by atoms with E-state index in [0.29, 0.717) is 5.92 Å². The van der Waals surface area contributed by atoms with Crippen LogP contribution in [-0.4, -0.2) is 21.8 Å². The van der Waals surface area contributed by atoms with Crippen molar-refractivity contribution in [3.8, 4) is 0 Å². The normalized spacial score (nSPS) is 14.3. The Morgan fingerprint density at radius 3 is 1.94 bits per heavy atom. The molecule has 104 valence electrons. The van der Waals surface area contributed by atoms with Crippen molar-refractivity contribution in [1.82, 2.24) is 0 Å². The Bertz CT molecular complexity index is 179. The van der Waals surface area contributed by atoms with Crippen LogP contribution < -0.4 is 0 Å². The van der Waals surface area contributed by atoms with Crippen molar-refractivity contribution in [3.63, 3.8) is 0 Å². The van der Waals surface area contributed by atoms with Crippen molar-refractivity contribution in [3.05, 3.63) is 0 Å². The van der Waals surface area contributed by atoms with E-state index in [9.17, 15) is 0 Å². The van der Waals surface area contributed by atoms with Crippen molar-refractivity contribution < 1.29 is 8.85 Å². The lowest BCUT2D eigenvalue weighted by Crippen LogP contribution is -2.42. The number of rotatable bonds is 10. The van der Waals surface area contributed by atoms with Gasteiger partial charge in [0, 0.05) is 13.2 Å². The minimum absolute atomic E-state index is 0.596. The number of hydrogen-bond donors (Lipinski definition) is 0. The van der Waals surface area contributed by atoms with E-state index in [-0.39, 0.29) is 0 Å². The molecule has 0 spiro atoms. The third-order valence-corrected chi connectivity index (χ3v) is 7.01. The fourth-order valence-corrected chi connectivity index (χ4v) is 4.20. The van der Waals surface area contributed by atoms with Crippen LogP contribution in [0.1, 0.15) is 54.4 Å². The smallest absolute Gasteiger partial charge is 0.337 e. The molecule has 3 heteroatoms. The van der Waals surface area contributed by atoms with Gasteiger partial charge in [-0.2, -0.15) is 0 Å². The van der Waals surface area contributed by atoms with Crippen LogP contribution in [-0.2, 0) is 8.85 Å². The molecule has 1 atom stereocenters. The van der Waals surface area contributed by atoms with E-state index in [1.807, 2.05) is 0 Å². The molecule has 0 aromatic heterocycles. The van der Waals surface area contributed by atoms with E-state index in [4.69, 9.17) is 8.85 Å². The average molecular weight is 260 g/mol. The zero-order valence-corrected chi connectivity index (χ0v) is 13.7. The molecule has 0 N–H and O–H groups in total. The van der Waals surface area contributed by atoms with Gasteiger partial charge >= 0.3 is 8.56 Å². The summed E-state index contributed by atoms with van der Waals surface area (Å²) in [6.45, 7) is 15.1. The van der Waals surface area contributed by atoms with Crippen LogP contribution in [0, 0.1) is 11.8 Å². The Hall–Kier alpha value is 0.137. The van der Waals surface area contributed by atoms with E-state index >= 15 is 0 Å². The van der Waals surface area contributed by atoms with Gasteiger partial charge in [0.25, 0.3) is 0 Å². The van der Waals surface area contributed by atoms with Gasteiger partial charge in [-0.15, -0.1) is 0 Å². The van der Waals surface area contributed by atoms with Gasteiger partial charge in [-0.1, -0.05) is 48.0 Å². The molecule has 0 radical (unpaired) electrons. The maximum absolute atomic E-state index is 6.17. The molecule has 0 aliphatic heterocycles. The van der Waals surface area contributed by atoms with Gasteiger partial charge in [0.1, 0.15) is 0 Å². The molecule has 0 amide bonds. The lowest BCUT2D eigenvalue weighted by molar-refractivity contribution is 0.145. The van der Waals surface area contributed by atoms with Gasteiger partial charge in [0.2, 0.25) is 0 Å². The molecule has 0 saturated heterocycles. The summed E-state index contributed by atoms with van der Waals surface area (Å²) in [6, 6.07) is 2.13. The fourth-order valence-electron chi connectivity index (χ4n) is 1.67. The van der Waals surface area contributed by atoms with E-state index < -0.39 is 8.56 Å². The van der Waals surface area contributed by atoms with E-state index in [1.165, 1.54) is 6.42 Å². The van der Waals surface area contributed by atoms with Crippen LogP contribution in [0.4, 0.5) is 0 Å². The molecule has 0 heterocycles. The van der Waals surface area contributed by atoms with E-state index in [0.717, 1.165) is 37.6 Å². The Kier molecular flexibility index (Phi) is 9.19. The first-order valence-corrected chi connectivity index (χ1v) is 9.50. The first-order valence-electron chi connectivity index (χ1n) is 7.27. The molecule has 2 nitrogen and oxygen atoms in total. The molecule has 0 rings (SSSR count). The second-order valence-electron chi connectivity index (χ2n) is 5.47. The second kappa shape index (κ2) is 9.12. The fraction of sp³-hybridized carbons (Fsp3) is 1.00. The molecular weight excluding hydrogens is 228 g/mol. The zero-order valence-electron chi connectivity index (χ0n) is 12.7. The van der Waals surface area contributed by atoms with Crippen LogP contribution in [0.25, 0.3) is 0 Å². The molecule has 0 aliphatic carbocycles. The quantitative estimate of drug-likeness (QED) is 0.535. The van der Waals surface area contributed by atoms with Crippen molar-refractivity contribution in [2.75, 3.05) is 13.2 Å². The lowest BCUT2D eigenvalue weighted by Gasteiger charge is -2.30. The topological polar surface area (TPSA) is 18.5 Å². The lowest BCUT2D eigenvalue weighted by atomic mass is 10.1. The third kappa shape index (κ3) is 7.22. The summed E-state index contributed by atoms with van der Waals surface area (Å²) in [5.74, 6) is 1.36. The number of hydrogen-bond acceptors (Lipinski definition) is 2. The van der Waals surface area contributed by atoms with Gasteiger partial charge in [-0.25, -0.2) is 0 Å². The highest BCUT2D eigenvalue weighted by atomic mass is 28.4. The molecule has 0 aromatic carbocycles. The Labute approximate surface area is 109 Å². The summed E-state index contributed by atoms with van der Waals surface area (Å²) in [5.41, 5.74) is 0. The highest BCUT2D eigenvalue weighted by molar-refractivity contribution is 6.67. The molecule has 0 fully saturated rings. The van der Waals surface area contributed by atoms with Gasteiger partial charge in [-0.3, -0.25) is 0 Å². The van der Waals surface area contributed by atoms with Gasteiger partial charge < -0.3 is 8.85 Å². The molecule has 0 saturated carbocycles. The molecule has 17 heavy (non-hydrogen) atoms. The average Bonchev–Trinajstić information content (AvgIpc) is 2.33. The summed E-state index contributed by atoms with van der Waals surface area (Å²) in [4.78, 5) is 0. The second-order valence-corrected chi connectivity index (χ2v) is 9.29. The predicted molar refractivity (Wildman–Crippen MR) is 77.5 cm³/mol. The molecule has 0 aromatic rings. The van der Waals surface area contributed by atoms with Gasteiger partial charge in [-0.05, 0) is 30.3 Å². The standard InChI is InChI=1S/C14H32O2Si/c1-7-14(6)10-11-15-17(8-2,9-3)16-12-13(4)5/h13-14H,7-12H2,1-6H3. The summed E-state index contributed by atoms with van der Waals surface area (Å²) in [7, 11) is -1.89. The van der Waals surface area contributed by atoms with Crippen molar-refractivity contribution in [1.29, 1.82) is 0 Å². The summed E-state index contributed by atoms with van der Waals surface area (Å²) < 4.78 is 12.3. The Morgan fingerprint density at radius 1 is 0.941 bits per heavy atom. The van der Waals surface area contributed by atoms with E-state index in [1.54, 1.807) is 0 Å². The molecule has 1 unspecified atom stereocenters. The summed E-state index contributed by atoms with van der Waals surface area (Å²) >= 11 is 0. The highest BCUT2D eigenvalue weighted by Crippen LogP contribution is 2.21.